The first-order chi connectivity index (χ1) is 24.8. The van der Waals surface area contributed by atoms with Gasteiger partial charge >= 0.3 is 0 Å². The lowest BCUT2D eigenvalue weighted by Gasteiger charge is -2.11. The van der Waals surface area contributed by atoms with Gasteiger partial charge in [-0.3, -0.25) is 4.57 Å². The molecule has 3 heterocycles. The Morgan fingerprint density at radius 1 is 0.380 bits per heavy atom. The Morgan fingerprint density at radius 3 is 1.56 bits per heavy atom. The lowest BCUT2D eigenvalue weighted by atomic mass is 9.95. The van der Waals surface area contributed by atoms with Crippen molar-refractivity contribution >= 4 is 43.7 Å². The summed E-state index contributed by atoms with van der Waals surface area (Å²) >= 11 is 0. The van der Waals surface area contributed by atoms with Crippen molar-refractivity contribution in [3.63, 3.8) is 0 Å². The summed E-state index contributed by atoms with van der Waals surface area (Å²) in [4.78, 5) is 15.3. The van der Waals surface area contributed by atoms with Crippen molar-refractivity contribution in [2.75, 3.05) is 0 Å². The molecule has 10 rings (SSSR count). The highest BCUT2D eigenvalue weighted by Gasteiger charge is 2.23. The predicted molar refractivity (Wildman–Crippen MR) is 203 cm³/mol. The van der Waals surface area contributed by atoms with Gasteiger partial charge in [0, 0.05) is 38.2 Å². The van der Waals surface area contributed by atoms with E-state index in [-0.39, 0.29) is 0 Å². The largest absolute Gasteiger partial charge is 0.453 e. The van der Waals surface area contributed by atoms with Gasteiger partial charge in [-0.05, 0) is 41.0 Å². The van der Waals surface area contributed by atoms with Crippen molar-refractivity contribution in [1.82, 2.24) is 19.5 Å². The Morgan fingerprint density at radius 2 is 0.920 bits per heavy atom. The van der Waals surface area contributed by atoms with Crippen molar-refractivity contribution in [2.24, 2.45) is 0 Å². The first kappa shape index (κ1) is 28.2. The number of nitrogens with zero attached hydrogens (tertiary/aromatic N) is 4. The van der Waals surface area contributed by atoms with Gasteiger partial charge in [-0.1, -0.05) is 146 Å². The number of benzene rings is 7. The maximum Gasteiger partial charge on any atom is 0.238 e. The monoisotopic (exact) mass is 640 g/mol. The van der Waals surface area contributed by atoms with Gasteiger partial charge in [0.2, 0.25) is 5.95 Å². The molecule has 7 aromatic carbocycles. The summed E-state index contributed by atoms with van der Waals surface area (Å²) in [7, 11) is 0. The van der Waals surface area contributed by atoms with Crippen LogP contribution in [0.25, 0.3) is 94.7 Å². The van der Waals surface area contributed by atoms with Crippen molar-refractivity contribution in [3.8, 4) is 51.0 Å². The lowest BCUT2D eigenvalue weighted by Crippen LogP contribution is -2.06. The fraction of sp³-hybridized carbons (Fsp3) is 0. The van der Waals surface area contributed by atoms with Crippen LogP contribution in [0.1, 0.15) is 0 Å². The topological polar surface area (TPSA) is 56.7 Å². The van der Waals surface area contributed by atoms with Gasteiger partial charge in [0.15, 0.2) is 17.2 Å². The number of fused-ring (bicyclic) bond motifs is 7. The van der Waals surface area contributed by atoms with Crippen molar-refractivity contribution in [1.29, 1.82) is 0 Å². The minimum absolute atomic E-state index is 0.533. The Hall–Kier alpha value is -6.85. The van der Waals surface area contributed by atoms with Gasteiger partial charge in [0.25, 0.3) is 0 Å². The number of rotatable bonds is 5. The maximum absolute atomic E-state index is 7.07. The Bertz CT molecular complexity index is 2780. The van der Waals surface area contributed by atoms with E-state index in [2.05, 4.69) is 108 Å². The molecule has 0 atom stereocenters. The maximum atomic E-state index is 7.07. The van der Waals surface area contributed by atoms with Crippen LogP contribution in [-0.2, 0) is 0 Å². The van der Waals surface area contributed by atoms with Gasteiger partial charge in [-0.25, -0.2) is 4.98 Å². The van der Waals surface area contributed by atoms with Crippen LogP contribution in [-0.4, -0.2) is 19.5 Å². The second-order valence-corrected chi connectivity index (χ2v) is 12.4. The van der Waals surface area contributed by atoms with Crippen molar-refractivity contribution in [2.45, 2.75) is 0 Å². The zero-order valence-corrected chi connectivity index (χ0v) is 26.9. The van der Waals surface area contributed by atoms with Gasteiger partial charge in [-0.15, -0.1) is 0 Å². The molecule has 0 fully saturated rings. The molecule has 0 saturated carbocycles. The minimum atomic E-state index is 0.533. The highest BCUT2D eigenvalue weighted by Crippen LogP contribution is 2.44. The number of para-hydroxylation sites is 1. The standard InChI is InChI=1S/C45H28N4O/c1-5-15-29(16-6-1)33-27-37(30-17-7-2-8-18-30)41-38(28-33)36-26-25-35-34-23-13-14-24-39(34)49(40(35)42(36)50-41)45-47-43(31-19-9-3-10-20-31)46-44(48-45)32-21-11-4-12-22-32/h1-28H. The summed E-state index contributed by atoms with van der Waals surface area (Å²) in [6.45, 7) is 0. The van der Waals surface area contributed by atoms with Gasteiger partial charge in [0.05, 0.1) is 5.52 Å². The Labute approximate surface area is 287 Å². The van der Waals surface area contributed by atoms with Gasteiger partial charge in [0.1, 0.15) is 11.1 Å². The van der Waals surface area contributed by atoms with E-state index < -0.39 is 0 Å². The summed E-state index contributed by atoms with van der Waals surface area (Å²) in [5.41, 5.74) is 9.83. The first-order valence-corrected chi connectivity index (χ1v) is 16.7. The third-order valence-electron chi connectivity index (χ3n) is 9.45. The molecule has 0 bridgehead atoms. The van der Waals surface area contributed by atoms with E-state index in [1.807, 2.05) is 66.7 Å². The zero-order valence-electron chi connectivity index (χ0n) is 26.9. The number of aromatic nitrogens is 4. The van der Waals surface area contributed by atoms with E-state index in [1.54, 1.807) is 0 Å². The van der Waals surface area contributed by atoms with E-state index in [9.17, 15) is 0 Å². The summed E-state index contributed by atoms with van der Waals surface area (Å²) in [5, 5.41) is 4.26. The normalized spacial score (nSPS) is 11.6. The average molecular weight is 641 g/mol. The highest BCUT2D eigenvalue weighted by atomic mass is 16.3. The molecular formula is C45H28N4O. The molecule has 5 heteroatoms. The molecule has 234 valence electrons. The summed E-state index contributed by atoms with van der Waals surface area (Å²) in [6, 6.07) is 58.5. The molecule has 50 heavy (non-hydrogen) atoms. The van der Waals surface area contributed by atoms with Crippen molar-refractivity contribution < 1.29 is 4.42 Å². The number of hydrogen-bond acceptors (Lipinski definition) is 4. The zero-order chi connectivity index (χ0) is 33.0. The van der Waals surface area contributed by atoms with Crippen LogP contribution in [0.4, 0.5) is 0 Å². The van der Waals surface area contributed by atoms with Crippen LogP contribution in [0.5, 0.6) is 0 Å². The molecule has 5 nitrogen and oxygen atoms in total. The van der Waals surface area contributed by atoms with E-state index in [1.165, 1.54) is 0 Å². The van der Waals surface area contributed by atoms with Crippen LogP contribution < -0.4 is 0 Å². The Kier molecular flexibility index (Phi) is 6.42. The van der Waals surface area contributed by atoms with Crippen LogP contribution in [0.15, 0.2) is 174 Å². The van der Waals surface area contributed by atoms with Crippen LogP contribution in [0.3, 0.4) is 0 Å². The van der Waals surface area contributed by atoms with Gasteiger partial charge in [-0.2, -0.15) is 9.97 Å². The Balaban J connectivity index is 1.33. The van der Waals surface area contributed by atoms with Crippen molar-refractivity contribution in [3.05, 3.63) is 170 Å². The highest BCUT2D eigenvalue weighted by molar-refractivity contribution is 6.23. The SMILES string of the molecule is c1ccc(-c2cc(-c3ccccc3)c3oc4c(ccc5c6ccccc6n(-c6nc(-c7ccccc7)nc(-c7ccccc7)n6)c54)c3c2)cc1. The molecule has 0 unspecified atom stereocenters. The molecule has 0 spiro atoms. The molecule has 0 aliphatic carbocycles. The lowest BCUT2D eigenvalue weighted by molar-refractivity contribution is 0.672. The summed E-state index contributed by atoms with van der Waals surface area (Å²) in [6.07, 6.45) is 0. The first-order valence-electron chi connectivity index (χ1n) is 16.7. The molecule has 10 aromatic rings. The van der Waals surface area contributed by atoms with Crippen LogP contribution in [0, 0.1) is 0 Å². The quantitative estimate of drug-likeness (QED) is 0.188. The number of furan rings is 1. The molecule has 0 amide bonds. The van der Waals surface area contributed by atoms with Gasteiger partial charge < -0.3 is 4.42 Å². The molecule has 0 saturated heterocycles. The molecule has 0 aliphatic heterocycles. The van der Waals surface area contributed by atoms with Crippen LogP contribution >= 0.6 is 0 Å². The van der Waals surface area contributed by atoms with E-state index in [0.717, 1.165) is 77.1 Å². The third-order valence-corrected chi connectivity index (χ3v) is 9.45. The minimum Gasteiger partial charge on any atom is -0.453 e. The molecule has 0 N–H and O–H groups in total. The fourth-order valence-electron chi connectivity index (χ4n) is 7.12. The average Bonchev–Trinajstić information content (AvgIpc) is 3.75. The predicted octanol–water partition coefficient (Wildman–Crippen LogP) is 11.5. The second-order valence-electron chi connectivity index (χ2n) is 12.4. The van der Waals surface area contributed by atoms with Crippen LogP contribution in [0.2, 0.25) is 0 Å². The second kappa shape index (κ2) is 11.4. The number of hydrogen-bond donors (Lipinski definition) is 0. The van der Waals surface area contributed by atoms with E-state index in [4.69, 9.17) is 19.4 Å². The fourth-order valence-corrected chi connectivity index (χ4v) is 7.12. The molecule has 3 aromatic heterocycles. The van der Waals surface area contributed by atoms with E-state index in [0.29, 0.717) is 17.6 Å². The van der Waals surface area contributed by atoms with E-state index >= 15 is 0 Å². The smallest absolute Gasteiger partial charge is 0.238 e. The molecule has 0 aliphatic rings. The summed E-state index contributed by atoms with van der Waals surface area (Å²) < 4.78 is 9.22. The third kappa shape index (κ3) is 4.52. The molecular weight excluding hydrogens is 613 g/mol. The summed E-state index contributed by atoms with van der Waals surface area (Å²) in [5.74, 6) is 1.75. The molecule has 0 radical (unpaired) electrons.